The average molecular weight is 563 g/mol. The molecule has 0 atom stereocenters. The topological polar surface area (TPSA) is 55.9 Å². The van der Waals surface area contributed by atoms with Crippen LogP contribution in [0, 0.1) is 5.82 Å². The van der Waals surface area contributed by atoms with Crippen molar-refractivity contribution < 1.29 is 27.2 Å². The Morgan fingerprint density at radius 3 is 2.31 bits per heavy atom. The molecule has 0 bridgehead atoms. The van der Waals surface area contributed by atoms with Crippen molar-refractivity contribution in [2.75, 3.05) is 38.0 Å². The normalized spacial score (nSPS) is 13.8. The van der Waals surface area contributed by atoms with Gasteiger partial charge in [-0.2, -0.15) is 13.2 Å². The molecule has 11 heteroatoms. The molecule has 3 amide bonds. The van der Waals surface area contributed by atoms with Crippen LogP contribution in [-0.4, -0.2) is 59.4 Å². The number of nitrogens with zero attached hydrogens (tertiary/aromatic N) is 3. The number of thiophene rings is 1. The highest BCUT2D eigenvalue weighted by Crippen LogP contribution is 2.34. The second kappa shape index (κ2) is 13.1. The number of benzene rings is 2. The molecule has 0 radical (unpaired) electrons. The van der Waals surface area contributed by atoms with E-state index in [9.17, 15) is 27.2 Å². The minimum absolute atomic E-state index is 0.176. The van der Waals surface area contributed by atoms with Gasteiger partial charge in [0.15, 0.2) is 0 Å². The Morgan fingerprint density at radius 2 is 1.64 bits per heavy atom. The Hall–Kier alpha value is -3.44. The van der Waals surface area contributed by atoms with Crippen LogP contribution in [0.5, 0.6) is 0 Å². The molecule has 4 rings (SSSR count). The number of alkyl halides is 3. The third kappa shape index (κ3) is 8.27. The van der Waals surface area contributed by atoms with Crippen LogP contribution in [0.25, 0.3) is 0 Å². The molecule has 39 heavy (non-hydrogen) atoms. The van der Waals surface area contributed by atoms with E-state index in [0.717, 1.165) is 36.9 Å². The number of carbonyl (C=O) groups is 2. The second-order valence-electron chi connectivity index (χ2n) is 9.40. The highest BCUT2D eigenvalue weighted by molar-refractivity contribution is 7.09. The lowest BCUT2D eigenvalue weighted by Crippen LogP contribution is -2.46. The first kappa shape index (κ1) is 28.6. The summed E-state index contributed by atoms with van der Waals surface area (Å²) >= 11 is 1.48. The number of anilines is 1. The van der Waals surface area contributed by atoms with Crippen LogP contribution in [-0.2, 0) is 24.1 Å². The molecule has 2 aromatic carbocycles. The zero-order chi connectivity index (χ0) is 27.8. The van der Waals surface area contributed by atoms with E-state index >= 15 is 0 Å². The van der Waals surface area contributed by atoms with Crippen molar-refractivity contribution in [1.29, 1.82) is 0 Å². The molecule has 0 spiro atoms. The standard InChI is InChI=1S/C28H30F4N4O2S/c29-22-11-9-21(10-12-22)18-36(19-23-6-5-17-39-23)26(37)20-35(16-15-34-13-3-4-14-34)27(38)33-25-8-2-1-7-24(25)28(30,31)32/h1-2,5-12,17H,3-4,13-16,18-20H2,(H,33,38). The molecule has 2 heterocycles. The summed E-state index contributed by atoms with van der Waals surface area (Å²) in [5.74, 6) is -0.757. The van der Waals surface area contributed by atoms with E-state index in [4.69, 9.17) is 0 Å². The summed E-state index contributed by atoms with van der Waals surface area (Å²) in [4.78, 5) is 32.8. The van der Waals surface area contributed by atoms with E-state index in [1.165, 1.54) is 46.6 Å². The maximum absolute atomic E-state index is 13.6. The van der Waals surface area contributed by atoms with Gasteiger partial charge < -0.3 is 20.0 Å². The fraction of sp³-hybridized carbons (Fsp3) is 0.357. The number of likely N-dealkylation sites (tertiary alicyclic amines) is 1. The lowest BCUT2D eigenvalue weighted by Gasteiger charge is -2.29. The second-order valence-corrected chi connectivity index (χ2v) is 10.4. The Morgan fingerprint density at radius 1 is 0.923 bits per heavy atom. The third-order valence-electron chi connectivity index (χ3n) is 6.54. The first-order valence-electron chi connectivity index (χ1n) is 12.7. The molecule has 208 valence electrons. The van der Waals surface area contributed by atoms with Crippen molar-refractivity contribution >= 4 is 29.0 Å². The van der Waals surface area contributed by atoms with Gasteiger partial charge in [0.2, 0.25) is 5.91 Å². The van der Waals surface area contributed by atoms with Crippen molar-refractivity contribution in [2.24, 2.45) is 0 Å². The summed E-state index contributed by atoms with van der Waals surface area (Å²) in [6.45, 7) is 2.58. The monoisotopic (exact) mass is 562 g/mol. The predicted octanol–water partition coefficient (Wildman–Crippen LogP) is 6.06. The molecule has 0 aliphatic carbocycles. The highest BCUT2D eigenvalue weighted by atomic mass is 32.1. The van der Waals surface area contributed by atoms with Gasteiger partial charge in [0, 0.05) is 24.5 Å². The summed E-state index contributed by atoms with van der Waals surface area (Å²) in [6, 6.07) is 13.6. The first-order chi connectivity index (χ1) is 18.7. The SMILES string of the molecule is O=C(CN(CCN1CCCC1)C(=O)Nc1ccccc1C(F)(F)F)N(Cc1ccc(F)cc1)Cc1cccs1. The number of rotatable bonds is 10. The molecular formula is C28H30F4N4O2S. The van der Waals surface area contributed by atoms with Crippen molar-refractivity contribution in [3.63, 3.8) is 0 Å². The number of hydrogen-bond donors (Lipinski definition) is 1. The number of para-hydroxylation sites is 1. The first-order valence-corrected chi connectivity index (χ1v) is 13.6. The number of urea groups is 1. The molecule has 1 aliphatic rings. The van der Waals surface area contributed by atoms with E-state index in [1.54, 1.807) is 17.0 Å². The largest absolute Gasteiger partial charge is 0.418 e. The van der Waals surface area contributed by atoms with Gasteiger partial charge in [-0.05, 0) is 67.2 Å². The Labute approximate surface area is 228 Å². The Balaban J connectivity index is 1.53. The molecule has 1 aromatic heterocycles. The van der Waals surface area contributed by atoms with E-state index < -0.39 is 23.6 Å². The van der Waals surface area contributed by atoms with Crippen molar-refractivity contribution in [3.8, 4) is 0 Å². The molecule has 0 unspecified atom stereocenters. The van der Waals surface area contributed by atoms with Gasteiger partial charge >= 0.3 is 12.2 Å². The Bertz CT molecular complexity index is 1230. The van der Waals surface area contributed by atoms with E-state index in [0.29, 0.717) is 12.1 Å². The molecule has 1 N–H and O–H groups in total. The van der Waals surface area contributed by atoms with E-state index in [2.05, 4.69) is 10.2 Å². The molecule has 1 fully saturated rings. The van der Waals surface area contributed by atoms with E-state index in [-0.39, 0.29) is 37.8 Å². The third-order valence-corrected chi connectivity index (χ3v) is 7.40. The van der Waals surface area contributed by atoms with Crippen LogP contribution < -0.4 is 5.32 Å². The molecule has 0 saturated carbocycles. The van der Waals surface area contributed by atoms with Gasteiger partial charge in [-0.15, -0.1) is 11.3 Å². The van der Waals surface area contributed by atoms with Gasteiger partial charge in [0.05, 0.1) is 17.8 Å². The summed E-state index contributed by atoms with van der Waals surface area (Å²) in [7, 11) is 0. The quantitative estimate of drug-likeness (QED) is 0.306. The number of amides is 3. The minimum Gasteiger partial charge on any atom is -0.332 e. The number of carbonyl (C=O) groups excluding carboxylic acids is 2. The summed E-state index contributed by atoms with van der Waals surface area (Å²) in [5, 5.41) is 4.27. The summed E-state index contributed by atoms with van der Waals surface area (Å²) in [5.41, 5.74) is -0.608. The Kier molecular flexibility index (Phi) is 9.58. The average Bonchev–Trinajstić information content (AvgIpc) is 3.61. The van der Waals surface area contributed by atoms with Gasteiger partial charge in [-0.3, -0.25) is 4.79 Å². The molecule has 1 aliphatic heterocycles. The van der Waals surface area contributed by atoms with Crippen LogP contribution in [0.1, 0.15) is 28.8 Å². The maximum Gasteiger partial charge on any atom is 0.418 e. The van der Waals surface area contributed by atoms with Gasteiger partial charge in [-0.25, -0.2) is 9.18 Å². The van der Waals surface area contributed by atoms with Crippen molar-refractivity contribution in [1.82, 2.24) is 14.7 Å². The van der Waals surface area contributed by atoms with Gasteiger partial charge in [0.1, 0.15) is 12.4 Å². The number of hydrogen-bond acceptors (Lipinski definition) is 4. The number of nitrogens with one attached hydrogen (secondary N) is 1. The lowest BCUT2D eigenvalue weighted by molar-refractivity contribution is -0.137. The van der Waals surface area contributed by atoms with Crippen LogP contribution >= 0.6 is 11.3 Å². The van der Waals surface area contributed by atoms with Crippen LogP contribution in [0.2, 0.25) is 0 Å². The van der Waals surface area contributed by atoms with E-state index in [1.807, 2.05) is 17.5 Å². The van der Waals surface area contributed by atoms with Crippen LogP contribution in [0.4, 0.5) is 28.0 Å². The maximum atomic E-state index is 13.6. The number of halogens is 4. The molecule has 3 aromatic rings. The zero-order valence-corrected chi connectivity index (χ0v) is 22.1. The summed E-state index contributed by atoms with van der Waals surface area (Å²) < 4.78 is 54.0. The lowest BCUT2D eigenvalue weighted by atomic mass is 10.1. The molecular weight excluding hydrogens is 532 g/mol. The predicted molar refractivity (Wildman–Crippen MR) is 143 cm³/mol. The molecule has 1 saturated heterocycles. The van der Waals surface area contributed by atoms with Crippen molar-refractivity contribution in [2.45, 2.75) is 32.1 Å². The van der Waals surface area contributed by atoms with Gasteiger partial charge in [0.25, 0.3) is 0 Å². The molecule has 6 nitrogen and oxygen atoms in total. The zero-order valence-electron chi connectivity index (χ0n) is 21.3. The smallest absolute Gasteiger partial charge is 0.332 e. The highest BCUT2D eigenvalue weighted by Gasteiger charge is 2.34. The minimum atomic E-state index is -4.65. The van der Waals surface area contributed by atoms with Crippen molar-refractivity contribution in [3.05, 3.63) is 87.9 Å². The summed E-state index contributed by atoms with van der Waals surface area (Å²) in [6.07, 6.45) is -2.57. The van der Waals surface area contributed by atoms with Crippen LogP contribution in [0.3, 0.4) is 0 Å². The van der Waals surface area contributed by atoms with Crippen LogP contribution in [0.15, 0.2) is 66.0 Å². The van der Waals surface area contributed by atoms with Gasteiger partial charge in [-0.1, -0.05) is 30.3 Å². The fourth-order valence-corrected chi connectivity index (χ4v) is 5.17. The fourth-order valence-electron chi connectivity index (χ4n) is 4.45.